The molecule has 0 aromatic carbocycles. The molecule has 2 heterocycles. The van der Waals surface area contributed by atoms with E-state index < -0.39 is 0 Å². The summed E-state index contributed by atoms with van der Waals surface area (Å²) in [5.41, 5.74) is 6.74. The summed E-state index contributed by atoms with van der Waals surface area (Å²) >= 11 is 0. The van der Waals surface area contributed by atoms with E-state index in [9.17, 15) is 0 Å². The Morgan fingerprint density at radius 3 is 2.51 bits per heavy atom. The van der Waals surface area contributed by atoms with Gasteiger partial charge in [0.25, 0.3) is 0 Å². The van der Waals surface area contributed by atoms with Crippen molar-refractivity contribution in [1.82, 2.24) is 10.6 Å². The maximum absolute atomic E-state index is 7.08. The van der Waals surface area contributed by atoms with Gasteiger partial charge in [-0.05, 0) is 136 Å². The molecule has 0 aromatic heterocycles. The van der Waals surface area contributed by atoms with Gasteiger partial charge in [-0.3, -0.25) is 5.32 Å². The van der Waals surface area contributed by atoms with Crippen LogP contribution < -0.4 is 16.4 Å². The monoisotopic (exact) mass is 485 g/mol. The van der Waals surface area contributed by atoms with E-state index in [1.807, 2.05) is 0 Å². The number of fused-ring (bicyclic) bond motifs is 7. The molecule has 2 saturated heterocycles. The van der Waals surface area contributed by atoms with Crippen molar-refractivity contribution in [3.63, 3.8) is 0 Å². The number of nitrogens with one attached hydrogen (secondary N) is 2. The van der Waals surface area contributed by atoms with Crippen molar-refractivity contribution in [3.8, 4) is 0 Å². The quantitative estimate of drug-likeness (QED) is 0.437. The molecular formula is C31H55N3O. The smallest absolute Gasteiger partial charge is 0.122 e. The fraction of sp³-hybridized carbons (Fsp3) is 1.00. The normalized spacial score (nSPS) is 55.3. The lowest BCUT2D eigenvalue weighted by molar-refractivity contribution is -0.134. The van der Waals surface area contributed by atoms with E-state index in [-0.39, 0.29) is 5.72 Å². The Labute approximate surface area is 215 Å². The molecule has 1 spiro atoms. The van der Waals surface area contributed by atoms with E-state index >= 15 is 0 Å². The third-order valence-corrected chi connectivity index (χ3v) is 13.2. The third kappa shape index (κ3) is 3.90. The zero-order chi connectivity index (χ0) is 24.4. The number of hydrogen-bond donors (Lipinski definition) is 3. The van der Waals surface area contributed by atoms with Gasteiger partial charge in [-0.1, -0.05) is 27.7 Å². The van der Waals surface area contributed by atoms with Crippen LogP contribution >= 0.6 is 0 Å². The highest BCUT2D eigenvalue weighted by Crippen LogP contribution is 2.71. The largest absolute Gasteiger partial charge is 0.357 e. The second kappa shape index (κ2) is 9.24. The minimum atomic E-state index is -0.0220. The van der Waals surface area contributed by atoms with Gasteiger partial charge in [-0.15, -0.1) is 0 Å². The average molecular weight is 486 g/mol. The number of rotatable bonds is 5. The summed E-state index contributed by atoms with van der Waals surface area (Å²) in [6.07, 6.45) is 16.9. The van der Waals surface area contributed by atoms with E-state index in [2.05, 4.69) is 38.3 Å². The number of ether oxygens (including phenoxy) is 1. The van der Waals surface area contributed by atoms with Gasteiger partial charge in [-0.25, -0.2) is 0 Å². The van der Waals surface area contributed by atoms with Crippen molar-refractivity contribution >= 4 is 0 Å². The minimum Gasteiger partial charge on any atom is -0.357 e. The molecule has 4 saturated carbocycles. The van der Waals surface area contributed by atoms with Crippen molar-refractivity contribution in [1.29, 1.82) is 0 Å². The summed E-state index contributed by atoms with van der Waals surface area (Å²) in [5, 5.41) is 7.83. The van der Waals surface area contributed by atoms with Crippen molar-refractivity contribution in [3.05, 3.63) is 0 Å². The van der Waals surface area contributed by atoms with E-state index in [0.717, 1.165) is 67.6 Å². The Balaban J connectivity index is 1.14. The van der Waals surface area contributed by atoms with Crippen molar-refractivity contribution in [2.45, 2.75) is 123 Å². The molecule has 4 N–H and O–H groups in total. The SMILES string of the molecule is C[C@H]1CC[C@]2(NC1)O[C@H]1CC3[C@@H]4CCC5CC(NCCCCN)CC[C@]5(C)C4CC[C@]3(C)C1[C@@H]2C. The Bertz CT molecular complexity index is 764. The topological polar surface area (TPSA) is 59.3 Å². The molecule has 4 heteroatoms. The van der Waals surface area contributed by atoms with Gasteiger partial charge >= 0.3 is 0 Å². The van der Waals surface area contributed by atoms with E-state index in [1.165, 1.54) is 70.6 Å². The fourth-order valence-electron chi connectivity index (χ4n) is 11.2. The first-order chi connectivity index (χ1) is 16.8. The van der Waals surface area contributed by atoms with E-state index in [4.69, 9.17) is 10.5 Å². The molecule has 0 radical (unpaired) electrons. The van der Waals surface area contributed by atoms with Gasteiger partial charge in [-0.2, -0.15) is 0 Å². The number of piperidine rings is 1. The van der Waals surface area contributed by atoms with Crippen molar-refractivity contribution in [2.24, 2.45) is 58.0 Å². The molecule has 4 nitrogen and oxygen atoms in total. The Kier molecular flexibility index (Phi) is 6.64. The molecule has 6 fully saturated rings. The van der Waals surface area contributed by atoms with Gasteiger partial charge < -0.3 is 15.8 Å². The van der Waals surface area contributed by atoms with Gasteiger partial charge in [0.05, 0.1) is 6.10 Å². The summed E-state index contributed by atoms with van der Waals surface area (Å²) in [6.45, 7) is 13.5. The molecule has 2 aliphatic heterocycles. The number of nitrogens with two attached hydrogens (primary N) is 1. The maximum Gasteiger partial charge on any atom is 0.122 e. The summed E-state index contributed by atoms with van der Waals surface area (Å²) in [7, 11) is 0. The fourth-order valence-corrected chi connectivity index (χ4v) is 11.2. The second-order valence-electron chi connectivity index (χ2n) is 14.7. The van der Waals surface area contributed by atoms with Crippen LogP contribution in [0.15, 0.2) is 0 Å². The van der Waals surface area contributed by atoms with E-state index in [0.29, 0.717) is 22.9 Å². The molecule has 6 aliphatic rings. The Morgan fingerprint density at radius 1 is 0.914 bits per heavy atom. The van der Waals surface area contributed by atoms with Crippen LogP contribution in [-0.4, -0.2) is 37.5 Å². The molecular weight excluding hydrogens is 430 g/mol. The van der Waals surface area contributed by atoms with Gasteiger partial charge in [0.15, 0.2) is 0 Å². The van der Waals surface area contributed by atoms with Crippen LogP contribution in [-0.2, 0) is 4.74 Å². The third-order valence-electron chi connectivity index (χ3n) is 13.2. The average Bonchev–Trinajstić information content (AvgIpc) is 3.29. The molecule has 4 aliphatic carbocycles. The standard InChI is InChI=1S/C31H55N3O/c1-20-9-14-31(34-19-20)21(2)28-27(35-31)18-26-24-8-7-22-17-23(33-16-6-5-15-32)10-12-29(22,3)25(24)11-13-30(26,28)4/h20-28,33-34H,5-19,32H2,1-4H3/t20-,21-,22?,23?,24+,25?,26?,27-,28?,29-,30-,31-/m0/s1. The second-order valence-corrected chi connectivity index (χ2v) is 14.7. The van der Waals surface area contributed by atoms with Gasteiger partial charge in [0.1, 0.15) is 5.72 Å². The van der Waals surface area contributed by atoms with Crippen LogP contribution in [0.2, 0.25) is 0 Å². The molecule has 0 amide bonds. The zero-order valence-corrected chi connectivity index (χ0v) is 23.3. The molecule has 6 rings (SSSR count). The van der Waals surface area contributed by atoms with Crippen molar-refractivity contribution < 1.29 is 4.74 Å². The molecule has 5 unspecified atom stereocenters. The van der Waals surface area contributed by atoms with Gasteiger partial charge in [0.2, 0.25) is 0 Å². The minimum absolute atomic E-state index is 0.0220. The van der Waals surface area contributed by atoms with Crippen molar-refractivity contribution in [2.75, 3.05) is 19.6 Å². The van der Waals surface area contributed by atoms with Crippen LogP contribution in [0, 0.1) is 52.3 Å². The lowest BCUT2D eigenvalue weighted by Gasteiger charge is -2.61. The maximum atomic E-state index is 7.08. The molecule has 200 valence electrons. The lowest BCUT2D eigenvalue weighted by Crippen LogP contribution is -2.58. The van der Waals surface area contributed by atoms with Crippen LogP contribution in [0.4, 0.5) is 0 Å². The predicted octanol–water partition coefficient (Wildman–Crippen LogP) is 5.70. The Hall–Kier alpha value is -0.160. The number of unbranched alkanes of at least 4 members (excludes halogenated alkanes) is 1. The molecule has 0 aromatic rings. The molecule has 0 bridgehead atoms. The Morgan fingerprint density at radius 2 is 1.74 bits per heavy atom. The first-order valence-corrected chi connectivity index (χ1v) is 15.7. The first-order valence-electron chi connectivity index (χ1n) is 15.7. The van der Waals surface area contributed by atoms with Crippen LogP contribution in [0.3, 0.4) is 0 Å². The zero-order valence-electron chi connectivity index (χ0n) is 23.3. The lowest BCUT2D eigenvalue weighted by atomic mass is 9.44. The van der Waals surface area contributed by atoms with Gasteiger partial charge in [0, 0.05) is 18.5 Å². The predicted molar refractivity (Wildman–Crippen MR) is 144 cm³/mol. The molecule has 12 atom stereocenters. The van der Waals surface area contributed by atoms with Crippen LogP contribution in [0.1, 0.15) is 105 Å². The summed E-state index contributed by atoms with van der Waals surface area (Å²) in [4.78, 5) is 0. The highest BCUT2D eigenvalue weighted by Gasteiger charge is 2.68. The van der Waals surface area contributed by atoms with E-state index in [1.54, 1.807) is 0 Å². The van der Waals surface area contributed by atoms with Crippen LogP contribution in [0.5, 0.6) is 0 Å². The first kappa shape index (κ1) is 25.1. The van der Waals surface area contributed by atoms with Crippen LogP contribution in [0.25, 0.3) is 0 Å². The summed E-state index contributed by atoms with van der Waals surface area (Å²) in [6, 6.07) is 0.748. The highest BCUT2D eigenvalue weighted by atomic mass is 16.5. The summed E-state index contributed by atoms with van der Waals surface area (Å²) in [5.74, 6) is 5.93. The summed E-state index contributed by atoms with van der Waals surface area (Å²) < 4.78 is 7.08. The highest BCUT2D eigenvalue weighted by molar-refractivity contribution is 5.16. The number of hydrogen-bond acceptors (Lipinski definition) is 4. The molecule has 35 heavy (non-hydrogen) atoms.